The molecule has 3 rings (SSSR count). The topological polar surface area (TPSA) is 137 Å². The summed E-state index contributed by atoms with van der Waals surface area (Å²) in [5.41, 5.74) is 0.587. The van der Waals surface area contributed by atoms with Crippen LogP contribution >= 0.6 is 0 Å². The van der Waals surface area contributed by atoms with E-state index >= 15 is 0 Å². The summed E-state index contributed by atoms with van der Waals surface area (Å²) in [5.74, 6) is -1.34. The highest BCUT2D eigenvalue weighted by Gasteiger charge is 2.19. The lowest BCUT2D eigenvalue weighted by atomic mass is 10.3. The van der Waals surface area contributed by atoms with Crippen LogP contribution in [0.5, 0.6) is 0 Å². The normalized spacial score (nSPS) is 10.4. The number of pyridine rings is 1. The Balaban J connectivity index is 1.74. The number of carbonyl (C=O) groups is 1. The lowest BCUT2D eigenvalue weighted by Crippen LogP contribution is -2.11. The summed E-state index contributed by atoms with van der Waals surface area (Å²) >= 11 is 0. The van der Waals surface area contributed by atoms with Gasteiger partial charge in [-0.1, -0.05) is 5.10 Å². The van der Waals surface area contributed by atoms with Gasteiger partial charge in [-0.05, 0) is 18.2 Å². The molecule has 0 unspecified atom stereocenters. The zero-order valence-corrected chi connectivity index (χ0v) is 10.8. The van der Waals surface area contributed by atoms with Crippen LogP contribution in [0.1, 0.15) is 10.6 Å². The van der Waals surface area contributed by atoms with Crippen LogP contribution in [0.25, 0.3) is 11.5 Å². The third-order valence-corrected chi connectivity index (χ3v) is 2.55. The molecule has 0 radical (unpaired) electrons. The molecule has 0 saturated heterocycles. The summed E-state index contributed by atoms with van der Waals surface area (Å²) in [7, 11) is 0. The van der Waals surface area contributed by atoms with Crippen molar-refractivity contribution in [3.05, 3.63) is 52.5 Å². The molecule has 1 amide bonds. The number of anilines is 1. The Bertz CT molecular complexity index is 825. The number of furan rings is 1. The molecule has 110 valence electrons. The largest absolute Gasteiger partial charge is 0.433 e. The molecule has 0 aliphatic heterocycles. The molecular formula is C12H7N5O5. The number of amides is 1. The van der Waals surface area contributed by atoms with E-state index in [1.165, 1.54) is 12.3 Å². The molecule has 0 aliphatic rings. The van der Waals surface area contributed by atoms with Gasteiger partial charge in [0.25, 0.3) is 11.8 Å². The van der Waals surface area contributed by atoms with Gasteiger partial charge in [-0.3, -0.25) is 25.2 Å². The van der Waals surface area contributed by atoms with Gasteiger partial charge in [-0.25, -0.2) is 0 Å². The number of hydrogen-bond acceptors (Lipinski definition) is 8. The van der Waals surface area contributed by atoms with E-state index in [1.807, 2.05) is 0 Å². The molecule has 22 heavy (non-hydrogen) atoms. The molecule has 3 heterocycles. The van der Waals surface area contributed by atoms with E-state index < -0.39 is 16.7 Å². The number of nitrogens with zero attached hydrogens (tertiary/aromatic N) is 4. The van der Waals surface area contributed by atoms with E-state index in [0.717, 1.165) is 6.07 Å². The number of nitrogens with one attached hydrogen (secondary N) is 1. The SMILES string of the molecule is O=C(Nc1nnc(-c2cccnc2)o1)c1ccc([N+](=O)[O-])o1. The molecule has 0 aliphatic carbocycles. The van der Waals surface area contributed by atoms with Gasteiger partial charge in [-0.15, -0.1) is 5.10 Å². The highest BCUT2D eigenvalue weighted by atomic mass is 16.6. The summed E-state index contributed by atoms with van der Waals surface area (Å²) in [6.45, 7) is 0. The van der Waals surface area contributed by atoms with Crippen LogP contribution in [0.4, 0.5) is 11.9 Å². The Morgan fingerprint density at radius 2 is 2.09 bits per heavy atom. The highest BCUT2D eigenvalue weighted by Crippen LogP contribution is 2.20. The maximum absolute atomic E-state index is 11.8. The fourth-order valence-corrected chi connectivity index (χ4v) is 1.59. The zero-order valence-electron chi connectivity index (χ0n) is 10.8. The first kappa shape index (κ1) is 13.4. The van der Waals surface area contributed by atoms with Crippen LogP contribution in [0, 0.1) is 10.1 Å². The quantitative estimate of drug-likeness (QED) is 0.569. The van der Waals surface area contributed by atoms with Crippen molar-refractivity contribution >= 4 is 17.8 Å². The standard InChI is InChI=1S/C12H7N5O5/c18-10(8-3-4-9(21-8)17(19)20)14-12-16-15-11(22-12)7-2-1-5-13-6-7/h1-6H,(H,14,16,18). The van der Waals surface area contributed by atoms with Crippen LogP contribution in [0.15, 0.2) is 45.5 Å². The second-order valence-electron chi connectivity index (χ2n) is 4.00. The first-order chi connectivity index (χ1) is 10.6. The second kappa shape index (κ2) is 5.44. The van der Waals surface area contributed by atoms with E-state index in [0.29, 0.717) is 5.56 Å². The van der Waals surface area contributed by atoms with Crippen LogP contribution in [0.3, 0.4) is 0 Å². The van der Waals surface area contributed by atoms with Gasteiger partial charge in [0.15, 0.2) is 5.76 Å². The molecule has 0 atom stereocenters. The number of nitro groups is 1. The van der Waals surface area contributed by atoms with Crippen molar-refractivity contribution < 1.29 is 18.6 Å². The van der Waals surface area contributed by atoms with Crippen molar-refractivity contribution in [3.8, 4) is 11.5 Å². The predicted octanol–water partition coefficient (Wildman–Crippen LogP) is 1.89. The van der Waals surface area contributed by atoms with Crippen LogP contribution in [-0.2, 0) is 0 Å². The second-order valence-corrected chi connectivity index (χ2v) is 4.00. The number of aromatic nitrogens is 3. The molecule has 1 N–H and O–H groups in total. The first-order valence-corrected chi connectivity index (χ1v) is 5.93. The smallest absolute Gasteiger partial charge is 0.403 e. The maximum Gasteiger partial charge on any atom is 0.433 e. The summed E-state index contributed by atoms with van der Waals surface area (Å²) in [4.78, 5) is 25.5. The lowest BCUT2D eigenvalue weighted by Gasteiger charge is -1.95. The van der Waals surface area contributed by atoms with Crippen molar-refractivity contribution in [1.82, 2.24) is 15.2 Å². The minimum absolute atomic E-state index is 0.164. The van der Waals surface area contributed by atoms with Gasteiger partial charge in [0.1, 0.15) is 4.92 Å². The lowest BCUT2D eigenvalue weighted by molar-refractivity contribution is -0.402. The number of rotatable bonds is 4. The molecule has 0 fully saturated rings. The van der Waals surface area contributed by atoms with Crippen molar-refractivity contribution in [2.24, 2.45) is 0 Å². The van der Waals surface area contributed by atoms with Gasteiger partial charge >= 0.3 is 11.9 Å². The van der Waals surface area contributed by atoms with Gasteiger partial charge in [-0.2, -0.15) is 0 Å². The van der Waals surface area contributed by atoms with Crippen molar-refractivity contribution in [3.63, 3.8) is 0 Å². The predicted molar refractivity (Wildman–Crippen MR) is 70.8 cm³/mol. The van der Waals surface area contributed by atoms with Gasteiger partial charge in [0.05, 0.1) is 11.6 Å². The summed E-state index contributed by atoms with van der Waals surface area (Å²) in [6.07, 6.45) is 3.11. The van der Waals surface area contributed by atoms with E-state index in [-0.39, 0.29) is 17.7 Å². The molecular weight excluding hydrogens is 294 g/mol. The molecule has 0 bridgehead atoms. The minimum Gasteiger partial charge on any atom is -0.403 e. The zero-order chi connectivity index (χ0) is 15.5. The van der Waals surface area contributed by atoms with Crippen molar-refractivity contribution in [2.75, 3.05) is 5.32 Å². The first-order valence-electron chi connectivity index (χ1n) is 5.93. The maximum atomic E-state index is 11.8. The van der Waals surface area contributed by atoms with E-state index in [1.54, 1.807) is 18.3 Å². The average molecular weight is 301 g/mol. The fourth-order valence-electron chi connectivity index (χ4n) is 1.59. The van der Waals surface area contributed by atoms with E-state index in [2.05, 4.69) is 20.5 Å². The molecule has 0 saturated carbocycles. The van der Waals surface area contributed by atoms with Crippen LogP contribution in [0.2, 0.25) is 0 Å². The van der Waals surface area contributed by atoms with Crippen LogP contribution in [-0.4, -0.2) is 26.0 Å². The van der Waals surface area contributed by atoms with Crippen molar-refractivity contribution in [1.29, 1.82) is 0 Å². The summed E-state index contributed by atoms with van der Waals surface area (Å²) < 4.78 is 10.0. The molecule has 3 aromatic rings. The Kier molecular flexibility index (Phi) is 3.32. The van der Waals surface area contributed by atoms with Gasteiger partial charge in [0, 0.05) is 12.4 Å². The van der Waals surface area contributed by atoms with Crippen molar-refractivity contribution in [2.45, 2.75) is 0 Å². The third kappa shape index (κ3) is 2.65. The molecule has 3 aromatic heterocycles. The van der Waals surface area contributed by atoms with E-state index in [9.17, 15) is 14.9 Å². The number of carbonyl (C=O) groups excluding carboxylic acids is 1. The summed E-state index contributed by atoms with van der Waals surface area (Å²) in [5, 5.41) is 20.2. The Morgan fingerprint density at radius 1 is 1.23 bits per heavy atom. The van der Waals surface area contributed by atoms with E-state index in [4.69, 9.17) is 8.83 Å². The Morgan fingerprint density at radius 3 is 2.77 bits per heavy atom. The summed E-state index contributed by atoms with van der Waals surface area (Å²) in [6, 6.07) is 5.49. The average Bonchev–Trinajstić information content (AvgIpc) is 3.17. The number of hydrogen-bond donors (Lipinski definition) is 1. The highest BCUT2D eigenvalue weighted by molar-refractivity contribution is 6.01. The molecule has 0 spiro atoms. The Hall–Kier alpha value is -3.56. The fraction of sp³-hybridized carbons (Fsp3) is 0. The minimum atomic E-state index is -0.746. The monoisotopic (exact) mass is 301 g/mol. The molecule has 10 heteroatoms. The van der Waals surface area contributed by atoms with Gasteiger partial charge in [0.2, 0.25) is 0 Å². The molecule has 0 aromatic carbocycles. The van der Waals surface area contributed by atoms with Gasteiger partial charge < -0.3 is 8.83 Å². The molecule has 10 nitrogen and oxygen atoms in total. The third-order valence-electron chi connectivity index (χ3n) is 2.55. The Labute approximate surface area is 121 Å². The van der Waals surface area contributed by atoms with Crippen LogP contribution < -0.4 is 5.32 Å².